The van der Waals surface area contributed by atoms with Crippen LogP contribution in [0.1, 0.15) is 25.7 Å². The van der Waals surface area contributed by atoms with Crippen molar-refractivity contribution < 1.29 is 9.18 Å². The van der Waals surface area contributed by atoms with Crippen LogP contribution in [-0.2, 0) is 4.79 Å². The molecule has 112 valence electrons. The minimum absolute atomic E-state index is 0.0789. The van der Waals surface area contributed by atoms with Gasteiger partial charge in [-0.25, -0.2) is 9.37 Å². The average molecular weight is 291 g/mol. The van der Waals surface area contributed by atoms with E-state index in [9.17, 15) is 9.18 Å². The first-order valence-electron chi connectivity index (χ1n) is 7.48. The van der Waals surface area contributed by atoms with Crippen LogP contribution in [0.2, 0.25) is 0 Å². The van der Waals surface area contributed by atoms with Crippen LogP contribution in [0.3, 0.4) is 0 Å². The fourth-order valence-corrected chi connectivity index (χ4v) is 3.57. The zero-order chi connectivity index (χ0) is 14.6. The Morgan fingerprint density at radius 3 is 2.52 bits per heavy atom. The van der Waals surface area contributed by atoms with Gasteiger partial charge < -0.3 is 15.5 Å². The van der Waals surface area contributed by atoms with Crippen molar-refractivity contribution in [3.05, 3.63) is 12.0 Å². The first-order chi connectivity index (χ1) is 10.1. The number of nitrogens with two attached hydrogens (primary N) is 1. The maximum Gasteiger partial charge on any atom is 0.226 e. The molecule has 2 bridgehead atoms. The summed E-state index contributed by atoms with van der Waals surface area (Å²) in [6.45, 7) is 1.25. The van der Waals surface area contributed by atoms with Crippen molar-refractivity contribution in [1.29, 1.82) is 0 Å². The van der Waals surface area contributed by atoms with E-state index < -0.39 is 5.82 Å². The minimum Gasteiger partial charge on any atom is -0.368 e. The van der Waals surface area contributed by atoms with Gasteiger partial charge in [0, 0.05) is 31.1 Å². The van der Waals surface area contributed by atoms with Crippen molar-refractivity contribution in [1.82, 2.24) is 14.9 Å². The number of rotatable bonds is 2. The quantitative estimate of drug-likeness (QED) is 0.872. The molecule has 2 atom stereocenters. The van der Waals surface area contributed by atoms with Crippen molar-refractivity contribution in [2.75, 3.05) is 23.7 Å². The number of piperazine rings is 1. The molecule has 0 aromatic carbocycles. The molecule has 3 fully saturated rings. The summed E-state index contributed by atoms with van der Waals surface area (Å²) in [5, 5.41) is 0. The van der Waals surface area contributed by atoms with E-state index in [2.05, 4.69) is 14.9 Å². The van der Waals surface area contributed by atoms with Gasteiger partial charge in [0.15, 0.2) is 11.6 Å². The summed E-state index contributed by atoms with van der Waals surface area (Å²) in [6, 6.07) is 0.347. The van der Waals surface area contributed by atoms with E-state index in [1.54, 1.807) is 0 Å². The van der Waals surface area contributed by atoms with Gasteiger partial charge in [-0.1, -0.05) is 0 Å². The first kappa shape index (κ1) is 12.8. The van der Waals surface area contributed by atoms with Crippen LogP contribution < -0.4 is 10.6 Å². The molecule has 0 spiro atoms. The number of amides is 1. The number of nitrogens with zero attached hydrogens (tertiary/aromatic N) is 4. The van der Waals surface area contributed by atoms with E-state index in [0.717, 1.165) is 31.9 Å². The normalized spacial score (nSPS) is 28.0. The van der Waals surface area contributed by atoms with E-state index >= 15 is 0 Å². The molecule has 2 N–H and O–H groups in total. The fraction of sp³-hybridized carbons (Fsp3) is 0.643. The highest BCUT2D eigenvalue weighted by Crippen LogP contribution is 2.38. The van der Waals surface area contributed by atoms with Gasteiger partial charge >= 0.3 is 0 Å². The van der Waals surface area contributed by atoms with Gasteiger partial charge in [-0.05, 0) is 25.7 Å². The molecule has 2 aliphatic heterocycles. The smallest absolute Gasteiger partial charge is 0.226 e. The molecule has 3 aliphatic rings. The van der Waals surface area contributed by atoms with Crippen molar-refractivity contribution in [2.45, 2.75) is 37.8 Å². The second kappa shape index (κ2) is 4.54. The second-order valence-electron chi connectivity index (χ2n) is 6.21. The third-order valence-electron chi connectivity index (χ3n) is 4.71. The summed E-state index contributed by atoms with van der Waals surface area (Å²) in [7, 11) is 0. The van der Waals surface area contributed by atoms with Gasteiger partial charge in [0.1, 0.15) is 0 Å². The first-order valence-corrected chi connectivity index (χ1v) is 7.48. The van der Waals surface area contributed by atoms with E-state index in [1.165, 1.54) is 0 Å². The Bertz CT molecular complexity index is 577. The molecular weight excluding hydrogens is 273 g/mol. The zero-order valence-electron chi connectivity index (χ0n) is 11.7. The Hall–Kier alpha value is -1.92. The van der Waals surface area contributed by atoms with Gasteiger partial charge in [0.25, 0.3) is 0 Å². The highest BCUT2D eigenvalue weighted by Gasteiger charge is 2.47. The average Bonchev–Trinajstić information content (AvgIpc) is 3.27. The summed E-state index contributed by atoms with van der Waals surface area (Å²) in [6.07, 6.45) is 5.13. The predicted octanol–water partition coefficient (Wildman–Crippen LogP) is 0.787. The van der Waals surface area contributed by atoms with Crippen LogP contribution >= 0.6 is 0 Å². The molecule has 0 unspecified atom stereocenters. The van der Waals surface area contributed by atoms with Crippen molar-refractivity contribution in [3.63, 3.8) is 0 Å². The fourth-order valence-electron chi connectivity index (χ4n) is 3.57. The van der Waals surface area contributed by atoms with Crippen LogP contribution in [0.5, 0.6) is 0 Å². The number of carbonyl (C=O) groups is 1. The molecule has 1 aliphatic carbocycles. The molecule has 1 aromatic rings. The summed E-state index contributed by atoms with van der Waals surface area (Å²) >= 11 is 0. The second-order valence-corrected chi connectivity index (χ2v) is 6.21. The molecule has 1 aromatic heterocycles. The lowest BCUT2D eigenvalue weighted by Crippen LogP contribution is -2.56. The van der Waals surface area contributed by atoms with Gasteiger partial charge in [-0.3, -0.25) is 4.79 Å². The number of aromatic nitrogens is 2. The lowest BCUT2D eigenvalue weighted by molar-refractivity contribution is -0.135. The largest absolute Gasteiger partial charge is 0.368 e. The highest BCUT2D eigenvalue weighted by molar-refractivity contribution is 5.82. The van der Waals surface area contributed by atoms with Crippen LogP contribution in [0.25, 0.3) is 0 Å². The van der Waals surface area contributed by atoms with E-state index in [0.29, 0.717) is 19.0 Å². The molecule has 7 heteroatoms. The summed E-state index contributed by atoms with van der Waals surface area (Å²) < 4.78 is 13.9. The van der Waals surface area contributed by atoms with Crippen LogP contribution in [0.15, 0.2) is 6.20 Å². The van der Waals surface area contributed by atoms with E-state index in [4.69, 9.17) is 5.73 Å². The Labute approximate surface area is 122 Å². The van der Waals surface area contributed by atoms with Gasteiger partial charge in [0.2, 0.25) is 11.9 Å². The van der Waals surface area contributed by atoms with Gasteiger partial charge in [-0.2, -0.15) is 4.98 Å². The molecule has 1 saturated carbocycles. The number of hydrogen-bond acceptors (Lipinski definition) is 5. The van der Waals surface area contributed by atoms with Crippen molar-refractivity contribution in [2.24, 2.45) is 5.92 Å². The van der Waals surface area contributed by atoms with Crippen LogP contribution in [0, 0.1) is 11.7 Å². The molecule has 6 nitrogen and oxygen atoms in total. The molecule has 0 radical (unpaired) electrons. The lowest BCUT2D eigenvalue weighted by Gasteiger charge is -2.41. The summed E-state index contributed by atoms with van der Waals surface area (Å²) in [5.41, 5.74) is 5.56. The number of anilines is 2. The number of nitrogen functional groups attached to an aromatic ring is 1. The minimum atomic E-state index is -0.453. The Morgan fingerprint density at radius 2 is 1.90 bits per heavy atom. The van der Waals surface area contributed by atoms with E-state index in [-0.39, 0.29) is 29.8 Å². The van der Waals surface area contributed by atoms with Crippen LogP contribution in [0.4, 0.5) is 16.2 Å². The van der Waals surface area contributed by atoms with Crippen LogP contribution in [-0.4, -0.2) is 45.9 Å². The van der Waals surface area contributed by atoms with Crippen molar-refractivity contribution >= 4 is 17.7 Å². The molecule has 3 heterocycles. The summed E-state index contributed by atoms with van der Waals surface area (Å²) in [5.74, 6) is 0.426. The Kier molecular flexibility index (Phi) is 2.77. The molecule has 4 rings (SSSR count). The third kappa shape index (κ3) is 2.11. The summed E-state index contributed by atoms with van der Waals surface area (Å²) in [4.78, 5) is 24.0. The number of halogens is 1. The topological polar surface area (TPSA) is 75.3 Å². The number of hydrogen-bond donors (Lipinski definition) is 1. The maximum absolute atomic E-state index is 13.9. The Morgan fingerprint density at radius 1 is 1.24 bits per heavy atom. The number of carbonyl (C=O) groups excluding carboxylic acids is 1. The van der Waals surface area contributed by atoms with E-state index in [1.807, 2.05) is 4.90 Å². The third-order valence-corrected chi connectivity index (χ3v) is 4.71. The van der Waals surface area contributed by atoms with Gasteiger partial charge in [-0.15, -0.1) is 0 Å². The standard InChI is InChI=1S/C14H18FN5O/c15-11-5-17-14(16)18-12(11)19-6-9-3-4-10(7-19)20(9)13(21)8-1-2-8/h5,8-10H,1-4,6-7H2,(H2,16,17,18)/t9-,10-/m1/s1. The molecule has 2 saturated heterocycles. The highest BCUT2D eigenvalue weighted by atomic mass is 19.1. The zero-order valence-corrected chi connectivity index (χ0v) is 11.7. The van der Waals surface area contributed by atoms with Gasteiger partial charge in [0.05, 0.1) is 6.20 Å². The number of fused-ring (bicyclic) bond motifs is 2. The Balaban J connectivity index is 1.57. The monoisotopic (exact) mass is 291 g/mol. The lowest BCUT2D eigenvalue weighted by atomic mass is 10.1. The maximum atomic E-state index is 13.9. The SMILES string of the molecule is Nc1ncc(F)c(N2C[C@H]3CC[C@H](C2)N3C(=O)C2CC2)n1. The molecular formula is C14H18FN5O. The van der Waals surface area contributed by atoms with Crippen molar-refractivity contribution in [3.8, 4) is 0 Å². The molecule has 1 amide bonds. The predicted molar refractivity (Wildman–Crippen MR) is 75.0 cm³/mol. The molecule has 21 heavy (non-hydrogen) atoms.